The lowest BCUT2D eigenvalue weighted by molar-refractivity contribution is -0.185. The van der Waals surface area contributed by atoms with Crippen LogP contribution in [0.25, 0.3) is 0 Å². The number of unbranched alkanes of at least 4 members (excludes halogenated alkanes) is 3. The second-order valence-electron chi connectivity index (χ2n) is 19.0. The minimum absolute atomic E-state index is 0.110. The van der Waals surface area contributed by atoms with E-state index in [0.29, 0.717) is 138 Å². The van der Waals surface area contributed by atoms with Crippen LogP contribution in [0, 0.1) is 5.92 Å². The van der Waals surface area contributed by atoms with Crippen molar-refractivity contribution in [2.24, 2.45) is 5.92 Å². The van der Waals surface area contributed by atoms with Crippen molar-refractivity contribution in [2.45, 2.75) is 102 Å². The Bertz CT molecular complexity index is 1660. The van der Waals surface area contributed by atoms with E-state index in [-0.39, 0.29) is 114 Å². The summed E-state index contributed by atoms with van der Waals surface area (Å²) in [5.41, 5.74) is -0.223. The number of methoxy groups -OCH3 is 3. The molecule has 0 aromatic carbocycles. The molecule has 0 heterocycles. The molecule has 26 nitrogen and oxygen atoms in total. The number of nitrogens with one attached hydrogen (secondary N) is 6. The molecule has 0 saturated heterocycles. The quantitative estimate of drug-likeness (QED) is 0.0354. The highest BCUT2D eigenvalue weighted by Gasteiger charge is 2.27. The van der Waals surface area contributed by atoms with E-state index >= 15 is 0 Å². The van der Waals surface area contributed by atoms with Crippen LogP contribution in [-0.2, 0) is 102 Å². The summed E-state index contributed by atoms with van der Waals surface area (Å²) in [6, 6.07) is -2.11. The van der Waals surface area contributed by atoms with Gasteiger partial charge in [-0.1, -0.05) is 32.1 Å². The van der Waals surface area contributed by atoms with Crippen LogP contribution in [0.4, 0.5) is 0 Å². The van der Waals surface area contributed by atoms with Gasteiger partial charge >= 0.3 is 0 Å². The Morgan fingerprint density at radius 2 is 0.793 bits per heavy atom. The van der Waals surface area contributed by atoms with E-state index < -0.39 is 36.3 Å². The number of amides is 6. The highest BCUT2D eigenvalue weighted by Crippen LogP contribution is 2.43. The summed E-state index contributed by atoms with van der Waals surface area (Å²) in [6.07, 6.45) is 5.79. The molecular weight excluding hydrogens is 1130 g/mol. The zero-order valence-electron chi connectivity index (χ0n) is 49.8. The van der Waals surface area contributed by atoms with E-state index in [1.54, 1.807) is 35.2 Å². The van der Waals surface area contributed by atoms with E-state index in [1.165, 1.54) is 0 Å². The first-order valence-corrected chi connectivity index (χ1v) is 32.2. The van der Waals surface area contributed by atoms with Gasteiger partial charge < -0.3 is 98.2 Å². The van der Waals surface area contributed by atoms with E-state index in [4.69, 9.17) is 73.2 Å². The Hall–Kier alpha value is -2.66. The Morgan fingerprint density at radius 1 is 0.439 bits per heavy atom. The number of ether oxygens (including phenoxy) is 12. The van der Waals surface area contributed by atoms with Gasteiger partial charge in [0.1, 0.15) is 31.9 Å². The van der Waals surface area contributed by atoms with Crippen LogP contribution >= 0.6 is 15.7 Å². The van der Waals surface area contributed by atoms with E-state index in [0.717, 1.165) is 25.4 Å². The lowest BCUT2D eigenvalue weighted by Crippen LogP contribution is -2.54. The van der Waals surface area contributed by atoms with Crippen LogP contribution in [-0.4, -0.2) is 252 Å². The maximum atomic E-state index is 14.1. The first-order valence-electron chi connectivity index (χ1n) is 28.7. The van der Waals surface area contributed by atoms with Gasteiger partial charge in [0.25, 0.3) is 0 Å². The van der Waals surface area contributed by atoms with Crippen LogP contribution in [0.3, 0.4) is 0 Å². The third kappa shape index (κ3) is 50.6. The molecule has 0 aliphatic rings. The number of rotatable bonds is 61. The summed E-state index contributed by atoms with van der Waals surface area (Å²) < 4.78 is 69.1. The third-order valence-electron chi connectivity index (χ3n) is 11.7. The zero-order chi connectivity index (χ0) is 60.6. The average Bonchev–Trinajstić information content (AvgIpc) is 3.46. The molecule has 0 aliphatic heterocycles. The van der Waals surface area contributed by atoms with Crippen molar-refractivity contribution in [3.8, 4) is 0 Å². The molecule has 482 valence electrons. The smallest absolute Gasteiger partial charge is 0.246 e. The minimum Gasteiger partial charge on any atom is -0.801 e. The minimum atomic E-state index is -3.07. The lowest BCUT2D eigenvalue weighted by Gasteiger charge is -2.33. The second-order valence-corrected chi connectivity index (χ2v) is 23.3. The number of carbonyl (C=O) groups excluding carboxylic acids is 6. The zero-order valence-corrected chi connectivity index (χ0v) is 52.6. The number of hydrogen-bond donors (Lipinski definition) is 6. The predicted octanol–water partition coefficient (Wildman–Crippen LogP) is 0.387. The van der Waals surface area contributed by atoms with Crippen LogP contribution in [0.15, 0.2) is 0 Å². The molecule has 29 heteroatoms. The van der Waals surface area contributed by atoms with Crippen molar-refractivity contribution in [3.63, 3.8) is 0 Å². The third-order valence-corrected chi connectivity index (χ3v) is 15.7. The predicted molar refractivity (Wildman–Crippen MR) is 313 cm³/mol. The fraction of sp³-hybridized carbons (Fsp3) is 0.887. The largest absolute Gasteiger partial charge is 0.801 e. The van der Waals surface area contributed by atoms with Gasteiger partial charge in [0, 0.05) is 53.9 Å². The maximum Gasteiger partial charge on any atom is 0.246 e. The summed E-state index contributed by atoms with van der Waals surface area (Å²) in [5, 5.41) is 16.9. The molecule has 6 N–H and O–H groups in total. The summed E-state index contributed by atoms with van der Waals surface area (Å²) in [7, 11) is 7.46. The molecule has 0 saturated carbocycles. The van der Waals surface area contributed by atoms with Gasteiger partial charge in [0.05, 0.1) is 126 Å². The van der Waals surface area contributed by atoms with Crippen molar-refractivity contribution in [1.82, 2.24) is 31.9 Å². The van der Waals surface area contributed by atoms with Gasteiger partial charge in [-0.3, -0.25) is 28.8 Å². The van der Waals surface area contributed by atoms with Crippen molar-refractivity contribution >= 4 is 63.0 Å². The maximum absolute atomic E-state index is 14.1. The molecule has 0 bridgehead atoms. The van der Waals surface area contributed by atoms with Gasteiger partial charge in [0.2, 0.25) is 35.4 Å². The van der Waals surface area contributed by atoms with Crippen LogP contribution < -0.4 is 36.8 Å². The standard InChI is InChI=1S/C53H104N6O20P2S/c1-44(2)81(66,82)79-39-45(43-80)13-6-9-17-54-48(60)16-12-20-57-52(64)46(14-7-10-18-55-49(61)40-76-36-33-73-30-27-70-24-21-67-3)59-53(65)47(58-51(63)42-78-38-35-75-32-29-72-26-23-69-5)15-8-11-19-56-50(62)41-77-37-34-74-31-28-71-25-22-68-4/h44-47H,6-43,80H2,1-5H3,(H,54,60)(H,55,61)(H,56,62)(H,57,64)(H,58,63)(H,59,65)(H,66,82)/p-1. The van der Waals surface area contributed by atoms with Crippen molar-refractivity contribution < 1.29 is 95.0 Å². The topological polar surface area (TPSA) is 318 Å². The van der Waals surface area contributed by atoms with Gasteiger partial charge in [-0.25, -0.2) is 0 Å². The van der Waals surface area contributed by atoms with Gasteiger partial charge in [-0.05, 0) is 82.0 Å². The van der Waals surface area contributed by atoms with Crippen molar-refractivity contribution in [3.05, 3.63) is 0 Å². The first-order chi connectivity index (χ1) is 39.7. The van der Waals surface area contributed by atoms with Crippen molar-refractivity contribution in [1.29, 1.82) is 0 Å². The Balaban J connectivity index is 5.52. The number of carbonyl (C=O) groups is 6. The highest BCUT2D eigenvalue weighted by atomic mass is 32.5. The summed E-state index contributed by atoms with van der Waals surface area (Å²) >= 11 is 5.14. The van der Waals surface area contributed by atoms with E-state index in [1.807, 2.05) is 0 Å². The molecular formula is C53H103N6O20P2S-. The lowest BCUT2D eigenvalue weighted by atomic mass is 10.0. The molecule has 0 spiro atoms. The van der Waals surface area contributed by atoms with Gasteiger partial charge in [-0.2, -0.15) is 0 Å². The Labute approximate surface area is 495 Å². The summed E-state index contributed by atoms with van der Waals surface area (Å²) in [5.74, 6) is -2.28. The summed E-state index contributed by atoms with van der Waals surface area (Å²) in [4.78, 5) is 91.0. The van der Waals surface area contributed by atoms with Crippen LogP contribution in [0.2, 0.25) is 0 Å². The normalized spacial score (nSPS) is 13.3. The molecule has 5 atom stereocenters. The van der Waals surface area contributed by atoms with Crippen molar-refractivity contribution in [2.75, 3.05) is 199 Å². The monoisotopic (exact) mass is 1240 g/mol. The fourth-order valence-corrected chi connectivity index (χ4v) is 8.15. The molecule has 0 radical (unpaired) electrons. The highest BCUT2D eigenvalue weighted by molar-refractivity contribution is 8.09. The number of hydrogen-bond acceptors (Lipinski definition) is 21. The van der Waals surface area contributed by atoms with E-state index in [2.05, 4.69) is 41.1 Å². The average molecular weight is 1240 g/mol. The molecule has 6 amide bonds. The van der Waals surface area contributed by atoms with Gasteiger partial charge in [-0.15, -0.1) is 9.24 Å². The van der Waals surface area contributed by atoms with Gasteiger partial charge in [0.15, 0.2) is 0 Å². The molecule has 0 fully saturated rings. The van der Waals surface area contributed by atoms with Crippen LogP contribution in [0.1, 0.15) is 84.5 Å². The molecule has 0 aromatic heterocycles. The molecule has 5 unspecified atom stereocenters. The summed E-state index contributed by atoms with van der Waals surface area (Å²) in [6.45, 7) is 7.84. The molecule has 82 heavy (non-hydrogen) atoms. The second kappa shape index (κ2) is 57.4. The molecule has 0 rings (SSSR count). The Kier molecular flexibility index (Phi) is 55.6. The first kappa shape index (κ1) is 79.3. The Morgan fingerprint density at radius 3 is 1.20 bits per heavy atom. The van der Waals surface area contributed by atoms with Crippen LogP contribution in [0.5, 0.6) is 0 Å². The van der Waals surface area contributed by atoms with E-state index in [9.17, 15) is 33.7 Å². The molecule has 0 aliphatic carbocycles. The molecule has 0 aromatic rings. The fourth-order valence-electron chi connectivity index (χ4n) is 6.88. The SMILES string of the molecule is COCCOCCOCCOCC(=O)NCCCCC(NC(=O)COCCOCCOCCOC)C(=O)NC(CCCCNC(=O)COCCOCCOCCOC)C(=O)NCCCC(=O)NCCCCC(CP)COP([O-])(=S)C(C)C.